The number of benzene rings is 3. The SMILES string of the molecule is O=[N+]([O-])c1cccc(-c2cccc(OCc3ccccc3)c2)c1. The second-order valence-corrected chi connectivity index (χ2v) is 5.11. The summed E-state index contributed by atoms with van der Waals surface area (Å²) in [6.45, 7) is 0.485. The molecule has 0 heterocycles. The zero-order chi connectivity index (χ0) is 16.1. The molecule has 0 aromatic heterocycles. The Labute approximate surface area is 134 Å². The van der Waals surface area contributed by atoms with Crippen LogP contribution in [0.25, 0.3) is 11.1 Å². The molecule has 0 spiro atoms. The van der Waals surface area contributed by atoms with Crippen LogP contribution in [-0.4, -0.2) is 4.92 Å². The first-order chi connectivity index (χ1) is 11.2. The Hall–Kier alpha value is -3.14. The smallest absolute Gasteiger partial charge is 0.270 e. The fourth-order valence-electron chi connectivity index (χ4n) is 2.31. The van der Waals surface area contributed by atoms with E-state index in [9.17, 15) is 10.1 Å². The summed E-state index contributed by atoms with van der Waals surface area (Å²) in [7, 11) is 0. The van der Waals surface area contributed by atoms with Gasteiger partial charge >= 0.3 is 0 Å². The third kappa shape index (κ3) is 3.74. The Bertz CT molecular complexity index is 816. The van der Waals surface area contributed by atoms with E-state index in [4.69, 9.17) is 4.74 Å². The summed E-state index contributed by atoms with van der Waals surface area (Å²) in [6.07, 6.45) is 0. The predicted octanol–water partition coefficient (Wildman–Crippen LogP) is 4.84. The summed E-state index contributed by atoms with van der Waals surface area (Å²) in [5.74, 6) is 0.734. The van der Waals surface area contributed by atoms with E-state index < -0.39 is 0 Å². The highest BCUT2D eigenvalue weighted by Gasteiger charge is 2.07. The number of nitro benzene ring substituents is 1. The summed E-state index contributed by atoms with van der Waals surface area (Å²) in [5.41, 5.74) is 2.86. The molecule has 4 heteroatoms. The van der Waals surface area contributed by atoms with Crippen LogP contribution in [0, 0.1) is 10.1 Å². The maximum absolute atomic E-state index is 10.9. The highest BCUT2D eigenvalue weighted by Crippen LogP contribution is 2.27. The molecule has 0 N–H and O–H groups in total. The Kier molecular flexibility index (Phi) is 4.34. The molecule has 0 atom stereocenters. The molecular formula is C19H15NO3. The minimum absolute atomic E-state index is 0.0816. The van der Waals surface area contributed by atoms with Crippen molar-refractivity contribution in [1.29, 1.82) is 0 Å². The lowest BCUT2D eigenvalue weighted by Gasteiger charge is -2.08. The molecule has 0 fully saturated rings. The van der Waals surface area contributed by atoms with Crippen molar-refractivity contribution in [3.8, 4) is 16.9 Å². The van der Waals surface area contributed by atoms with E-state index in [1.54, 1.807) is 12.1 Å². The minimum atomic E-state index is -0.390. The van der Waals surface area contributed by atoms with Crippen LogP contribution in [0.4, 0.5) is 5.69 Å². The van der Waals surface area contributed by atoms with Gasteiger partial charge in [-0.3, -0.25) is 10.1 Å². The fraction of sp³-hybridized carbons (Fsp3) is 0.0526. The van der Waals surface area contributed by atoms with Crippen molar-refractivity contribution < 1.29 is 9.66 Å². The van der Waals surface area contributed by atoms with Gasteiger partial charge < -0.3 is 4.74 Å². The van der Waals surface area contributed by atoms with Crippen LogP contribution in [0.1, 0.15) is 5.56 Å². The fourth-order valence-corrected chi connectivity index (χ4v) is 2.31. The van der Waals surface area contributed by atoms with Crippen molar-refractivity contribution in [2.45, 2.75) is 6.61 Å². The zero-order valence-corrected chi connectivity index (χ0v) is 12.4. The lowest BCUT2D eigenvalue weighted by atomic mass is 10.0. The maximum atomic E-state index is 10.9. The van der Waals surface area contributed by atoms with Crippen LogP contribution in [0.5, 0.6) is 5.75 Å². The zero-order valence-electron chi connectivity index (χ0n) is 12.4. The predicted molar refractivity (Wildman–Crippen MR) is 89.3 cm³/mol. The molecule has 114 valence electrons. The van der Waals surface area contributed by atoms with Crippen molar-refractivity contribution in [2.24, 2.45) is 0 Å². The average molecular weight is 305 g/mol. The van der Waals surface area contributed by atoms with E-state index >= 15 is 0 Å². The molecule has 0 bridgehead atoms. The van der Waals surface area contributed by atoms with E-state index in [0.29, 0.717) is 6.61 Å². The molecule has 3 aromatic rings. The molecule has 3 aromatic carbocycles. The molecule has 0 aliphatic carbocycles. The molecule has 0 aliphatic heterocycles. The van der Waals surface area contributed by atoms with Crippen LogP contribution in [0.3, 0.4) is 0 Å². The Morgan fingerprint density at radius 3 is 2.26 bits per heavy atom. The highest BCUT2D eigenvalue weighted by molar-refractivity contribution is 5.67. The summed E-state index contributed by atoms with van der Waals surface area (Å²) in [6, 6.07) is 24.1. The summed E-state index contributed by atoms with van der Waals surface area (Å²) < 4.78 is 5.80. The first kappa shape index (κ1) is 14.8. The molecule has 0 unspecified atom stereocenters. The molecular weight excluding hydrogens is 290 g/mol. The van der Waals surface area contributed by atoms with E-state index in [1.807, 2.05) is 60.7 Å². The van der Waals surface area contributed by atoms with Gasteiger partial charge in [-0.05, 0) is 28.8 Å². The molecule has 23 heavy (non-hydrogen) atoms. The molecule has 3 rings (SSSR count). The largest absolute Gasteiger partial charge is 0.489 e. The number of ether oxygens (including phenoxy) is 1. The van der Waals surface area contributed by atoms with Crippen molar-refractivity contribution in [1.82, 2.24) is 0 Å². The van der Waals surface area contributed by atoms with Gasteiger partial charge in [0.2, 0.25) is 0 Å². The van der Waals surface area contributed by atoms with Gasteiger partial charge in [0.15, 0.2) is 0 Å². The van der Waals surface area contributed by atoms with Crippen molar-refractivity contribution in [2.75, 3.05) is 0 Å². The van der Waals surface area contributed by atoms with Crippen LogP contribution in [0.15, 0.2) is 78.9 Å². The van der Waals surface area contributed by atoms with E-state index in [1.165, 1.54) is 6.07 Å². The lowest BCUT2D eigenvalue weighted by Crippen LogP contribution is -1.95. The van der Waals surface area contributed by atoms with Gasteiger partial charge in [0.05, 0.1) is 4.92 Å². The van der Waals surface area contributed by atoms with Gasteiger partial charge in [-0.25, -0.2) is 0 Å². The number of rotatable bonds is 5. The maximum Gasteiger partial charge on any atom is 0.270 e. The Balaban J connectivity index is 1.80. The van der Waals surface area contributed by atoms with Gasteiger partial charge in [-0.2, -0.15) is 0 Å². The first-order valence-corrected chi connectivity index (χ1v) is 7.24. The molecule has 0 amide bonds. The Morgan fingerprint density at radius 1 is 0.826 bits per heavy atom. The number of hydrogen-bond donors (Lipinski definition) is 0. The van der Waals surface area contributed by atoms with E-state index in [2.05, 4.69) is 0 Å². The summed E-state index contributed by atoms with van der Waals surface area (Å²) in [4.78, 5) is 10.5. The van der Waals surface area contributed by atoms with Gasteiger partial charge in [0, 0.05) is 12.1 Å². The lowest BCUT2D eigenvalue weighted by molar-refractivity contribution is -0.384. The average Bonchev–Trinajstić information content (AvgIpc) is 2.61. The van der Waals surface area contributed by atoms with E-state index in [-0.39, 0.29) is 10.6 Å². The van der Waals surface area contributed by atoms with Crippen LogP contribution >= 0.6 is 0 Å². The topological polar surface area (TPSA) is 52.4 Å². The number of nitro groups is 1. The molecule has 4 nitrogen and oxygen atoms in total. The monoisotopic (exact) mass is 305 g/mol. The first-order valence-electron chi connectivity index (χ1n) is 7.24. The van der Waals surface area contributed by atoms with Crippen LogP contribution in [0.2, 0.25) is 0 Å². The number of nitrogens with zero attached hydrogens (tertiary/aromatic N) is 1. The van der Waals surface area contributed by atoms with Crippen molar-refractivity contribution >= 4 is 5.69 Å². The van der Waals surface area contributed by atoms with Gasteiger partial charge in [-0.1, -0.05) is 54.6 Å². The standard InChI is InChI=1S/C19H15NO3/c21-20(22)18-10-4-8-16(12-18)17-9-5-11-19(13-17)23-14-15-6-2-1-3-7-15/h1-13H,14H2. The number of hydrogen-bond acceptors (Lipinski definition) is 3. The third-order valence-corrected chi connectivity index (χ3v) is 3.47. The van der Waals surface area contributed by atoms with Crippen molar-refractivity contribution in [3.05, 3.63) is 94.5 Å². The number of non-ortho nitro benzene ring substituents is 1. The highest BCUT2D eigenvalue weighted by atomic mass is 16.6. The Morgan fingerprint density at radius 2 is 1.52 bits per heavy atom. The summed E-state index contributed by atoms with van der Waals surface area (Å²) in [5, 5.41) is 10.9. The van der Waals surface area contributed by atoms with Gasteiger partial charge in [-0.15, -0.1) is 0 Å². The normalized spacial score (nSPS) is 10.3. The quantitative estimate of drug-likeness (QED) is 0.500. The second kappa shape index (κ2) is 6.75. The summed E-state index contributed by atoms with van der Waals surface area (Å²) >= 11 is 0. The van der Waals surface area contributed by atoms with Crippen LogP contribution in [-0.2, 0) is 6.61 Å². The van der Waals surface area contributed by atoms with Crippen molar-refractivity contribution in [3.63, 3.8) is 0 Å². The molecule has 0 radical (unpaired) electrons. The second-order valence-electron chi connectivity index (χ2n) is 5.11. The van der Waals surface area contributed by atoms with Crippen LogP contribution < -0.4 is 4.74 Å². The third-order valence-electron chi connectivity index (χ3n) is 3.47. The van der Waals surface area contributed by atoms with Gasteiger partial charge in [0.25, 0.3) is 5.69 Å². The molecule has 0 saturated carbocycles. The van der Waals surface area contributed by atoms with Gasteiger partial charge in [0.1, 0.15) is 12.4 Å². The minimum Gasteiger partial charge on any atom is -0.489 e. The molecule has 0 saturated heterocycles. The van der Waals surface area contributed by atoms with E-state index in [0.717, 1.165) is 22.4 Å². The molecule has 0 aliphatic rings.